The predicted octanol–water partition coefficient (Wildman–Crippen LogP) is 2.87. The van der Waals surface area contributed by atoms with Crippen LogP contribution in [0, 0.1) is 0 Å². The van der Waals surface area contributed by atoms with E-state index in [4.69, 9.17) is 14.2 Å². The second kappa shape index (κ2) is 15.0. The molecule has 0 saturated carbocycles. The summed E-state index contributed by atoms with van der Waals surface area (Å²) >= 11 is 0. The Hall–Kier alpha value is -4.26. The van der Waals surface area contributed by atoms with E-state index >= 15 is 0 Å². The second-order valence-electron chi connectivity index (χ2n) is 11.7. The quantitative estimate of drug-likeness (QED) is 0.384. The van der Waals surface area contributed by atoms with Crippen LogP contribution >= 0.6 is 0 Å². The van der Waals surface area contributed by atoms with Gasteiger partial charge in [-0.05, 0) is 40.5 Å². The van der Waals surface area contributed by atoms with Crippen LogP contribution in [0.2, 0.25) is 0 Å². The molecule has 2 atom stereocenters. The van der Waals surface area contributed by atoms with Crippen molar-refractivity contribution in [3.05, 3.63) is 42.1 Å². The van der Waals surface area contributed by atoms with Gasteiger partial charge >= 0.3 is 12.1 Å². The molecule has 0 bridgehead atoms. The number of hydrogen-bond acceptors (Lipinski definition) is 10. The molecule has 1 aromatic heterocycles. The Kier molecular flexibility index (Phi) is 11.1. The molecule has 3 amide bonds. The van der Waals surface area contributed by atoms with Crippen LogP contribution in [-0.4, -0.2) is 107 Å². The third-order valence-corrected chi connectivity index (χ3v) is 7.05. The summed E-state index contributed by atoms with van der Waals surface area (Å²) in [5.74, 6) is -0.597. The van der Waals surface area contributed by atoms with Crippen LogP contribution < -0.4 is 10.6 Å². The summed E-state index contributed by atoms with van der Waals surface area (Å²) in [7, 11) is 0. The maximum absolute atomic E-state index is 13.7. The van der Waals surface area contributed by atoms with Crippen LogP contribution in [0.25, 0.3) is 11.4 Å². The van der Waals surface area contributed by atoms with Crippen LogP contribution in [0.3, 0.4) is 0 Å². The minimum absolute atomic E-state index is 0.0265. The first-order valence-electron chi connectivity index (χ1n) is 15.0. The average Bonchev–Trinajstić information content (AvgIpc) is 3.51. The number of benzene rings is 1. The summed E-state index contributed by atoms with van der Waals surface area (Å²) in [6, 6.07) is 9.86. The maximum atomic E-state index is 13.7. The number of esters is 1. The van der Waals surface area contributed by atoms with Crippen LogP contribution in [0.1, 0.15) is 57.4 Å². The van der Waals surface area contributed by atoms with Crippen molar-refractivity contribution in [3.8, 4) is 11.4 Å². The minimum Gasteiger partial charge on any atom is -0.460 e. The lowest BCUT2D eigenvalue weighted by Gasteiger charge is -2.36. The number of nitrogens with one attached hydrogen (secondary N) is 2. The molecule has 2 aliphatic rings. The van der Waals surface area contributed by atoms with Gasteiger partial charge in [0.15, 0.2) is 5.82 Å². The van der Waals surface area contributed by atoms with Gasteiger partial charge in [0.2, 0.25) is 5.91 Å². The maximum Gasteiger partial charge on any atom is 0.409 e. The molecule has 2 aliphatic heterocycles. The summed E-state index contributed by atoms with van der Waals surface area (Å²) in [6.07, 6.45) is 0.320. The molecule has 2 saturated heterocycles. The van der Waals surface area contributed by atoms with Crippen molar-refractivity contribution >= 4 is 29.7 Å². The van der Waals surface area contributed by atoms with Gasteiger partial charge < -0.3 is 34.6 Å². The zero-order valence-corrected chi connectivity index (χ0v) is 25.8. The van der Waals surface area contributed by atoms with Gasteiger partial charge in [-0.25, -0.2) is 14.8 Å². The molecule has 13 heteroatoms. The van der Waals surface area contributed by atoms with E-state index in [0.717, 1.165) is 12.0 Å². The summed E-state index contributed by atoms with van der Waals surface area (Å²) in [5, 5.41) is 6.14. The van der Waals surface area contributed by atoms with Gasteiger partial charge in [0.25, 0.3) is 5.91 Å². The molecule has 0 radical (unpaired) electrons. The standard InChI is InChI=1S/C31H42N6O7/c1-5-43-30(41)37-16-14-36(15-17-37)29(40)23(11-12-26(38)44-31(2,3)4)34-28(39)24-19-25(32-22-13-18-42-20-22)35-27(33-24)21-9-7-6-8-10-21/h6-10,19,22-23H,5,11-18,20H2,1-4H3,(H,34,39)(H,32,33,35)/t22-,23+/m1/s1. The van der Waals surface area contributed by atoms with E-state index in [1.807, 2.05) is 30.3 Å². The number of hydrogen-bond donors (Lipinski definition) is 2. The molecule has 13 nitrogen and oxygen atoms in total. The Bertz CT molecular complexity index is 1300. The highest BCUT2D eigenvalue weighted by Gasteiger charge is 2.32. The van der Waals surface area contributed by atoms with E-state index in [1.165, 1.54) is 4.90 Å². The largest absolute Gasteiger partial charge is 0.460 e. The van der Waals surface area contributed by atoms with Gasteiger partial charge in [0.1, 0.15) is 23.2 Å². The first kappa shape index (κ1) is 32.6. The van der Waals surface area contributed by atoms with Crippen LogP contribution in [0.5, 0.6) is 0 Å². The molecule has 0 aliphatic carbocycles. The van der Waals surface area contributed by atoms with E-state index in [9.17, 15) is 19.2 Å². The summed E-state index contributed by atoms with van der Waals surface area (Å²) in [5.41, 5.74) is 0.110. The number of amides is 3. The number of piperazine rings is 1. The highest BCUT2D eigenvalue weighted by atomic mass is 16.6. The molecule has 238 valence electrons. The molecule has 2 fully saturated rings. The van der Waals surface area contributed by atoms with Crippen LogP contribution in [0.4, 0.5) is 10.6 Å². The van der Waals surface area contributed by atoms with Crippen molar-refractivity contribution < 1.29 is 33.4 Å². The van der Waals surface area contributed by atoms with E-state index in [2.05, 4.69) is 20.6 Å². The van der Waals surface area contributed by atoms with Gasteiger partial charge in [-0.1, -0.05) is 30.3 Å². The average molecular weight is 611 g/mol. The van der Waals surface area contributed by atoms with Gasteiger partial charge in [0.05, 0.1) is 19.3 Å². The lowest BCUT2D eigenvalue weighted by molar-refractivity contribution is -0.155. The Morgan fingerprint density at radius 3 is 2.39 bits per heavy atom. The zero-order valence-electron chi connectivity index (χ0n) is 25.8. The molecular weight excluding hydrogens is 568 g/mol. The van der Waals surface area contributed by atoms with Crippen molar-refractivity contribution in [2.24, 2.45) is 0 Å². The molecular formula is C31H42N6O7. The number of rotatable bonds is 10. The number of anilines is 1. The van der Waals surface area contributed by atoms with Crippen LogP contribution in [-0.2, 0) is 23.8 Å². The molecule has 1 aromatic carbocycles. The summed E-state index contributed by atoms with van der Waals surface area (Å²) in [6.45, 7) is 9.57. The fourth-order valence-electron chi connectivity index (χ4n) is 4.90. The Morgan fingerprint density at radius 1 is 1.05 bits per heavy atom. The Labute approximate surface area is 257 Å². The normalized spacial score (nSPS) is 17.5. The number of aromatic nitrogens is 2. The highest BCUT2D eigenvalue weighted by molar-refractivity contribution is 5.97. The Morgan fingerprint density at radius 2 is 1.75 bits per heavy atom. The molecule has 3 heterocycles. The van der Waals surface area contributed by atoms with Crippen LogP contribution in [0.15, 0.2) is 36.4 Å². The smallest absolute Gasteiger partial charge is 0.409 e. The minimum atomic E-state index is -1.03. The number of carbonyl (C=O) groups excluding carboxylic acids is 4. The highest BCUT2D eigenvalue weighted by Crippen LogP contribution is 2.20. The third kappa shape index (κ3) is 9.37. The molecule has 2 N–H and O–H groups in total. The zero-order chi connectivity index (χ0) is 31.7. The summed E-state index contributed by atoms with van der Waals surface area (Å²) < 4.78 is 16.0. The SMILES string of the molecule is CCOC(=O)N1CCN(C(=O)[C@H](CCC(=O)OC(C)(C)C)NC(=O)c2cc(N[C@@H]3CCOC3)nc(-c3ccccc3)n2)CC1. The van der Waals surface area contributed by atoms with Crippen molar-refractivity contribution in [2.45, 2.75) is 64.6 Å². The van der Waals surface area contributed by atoms with Gasteiger partial charge in [-0.15, -0.1) is 0 Å². The van der Waals surface area contributed by atoms with Crippen molar-refractivity contribution in [3.63, 3.8) is 0 Å². The fourth-order valence-corrected chi connectivity index (χ4v) is 4.90. The molecule has 4 rings (SSSR count). The molecule has 2 aromatic rings. The van der Waals surface area contributed by atoms with Gasteiger partial charge in [-0.3, -0.25) is 14.4 Å². The lowest BCUT2D eigenvalue weighted by atomic mass is 10.1. The van der Waals surface area contributed by atoms with E-state index in [-0.39, 0.29) is 50.2 Å². The van der Waals surface area contributed by atoms with Crippen molar-refractivity contribution in [1.29, 1.82) is 0 Å². The first-order chi connectivity index (χ1) is 21.0. The Balaban J connectivity index is 1.54. The lowest BCUT2D eigenvalue weighted by Crippen LogP contribution is -2.56. The summed E-state index contributed by atoms with van der Waals surface area (Å²) in [4.78, 5) is 64.4. The topological polar surface area (TPSA) is 152 Å². The molecule has 0 unspecified atom stereocenters. The third-order valence-electron chi connectivity index (χ3n) is 7.05. The first-order valence-corrected chi connectivity index (χ1v) is 15.0. The monoisotopic (exact) mass is 610 g/mol. The van der Waals surface area contributed by atoms with Crippen molar-refractivity contribution in [1.82, 2.24) is 25.1 Å². The molecule has 44 heavy (non-hydrogen) atoms. The second-order valence-corrected chi connectivity index (χ2v) is 11.7. The fraction of sp³-hybridized carbons (Fsp3) is 0.548. The molecule has 0 spiro atoms. The number of nitrogens with zero attached hydrogens (tertiary/aromatic N) is 4. The van der Waals surface area contributed by atoms with Gasteiger partial charge in [0, 0.05) is 50.8 Å². The number of ether oxygens (including phenoxy) is 3. The van der Waals surface area contributed by atoms with E-state index < -0.39 is 29.6 Å². The predicted molar refractivity (Wildman–Crippen MR) is 162 cm³/mol. The van der Waals surface area contributed by atoms with E-state index in [0.29, 0.717) is 37.9 Å². The van der Waals surface area contributed by atoms with E-state index in [1.54, 1.807) is 38.7 Å². The number of carbonyl (C=O) groups is 4. The van der Waals surface area contributed by atoms with Gasteiger partial charge in [-0.2, -0.15) is 0 Å². The van der Waals surface area contributed by atoms with Crippen molar-refractivity contribution in [2.75, 3.05) is 51.3 Å².